The molecule has 53 heavy (non-hydrogen) atoms. The number of aromatic nitrogens is 1. The summed E-state index contributed by atoms with van der Waals surface area (Å²) in [5, 5.41) is 19.1. The number of ether oxygens (including phenoxy) is 1. The van der Waals surface area contributed by atoms with E-state index in [2.05, 4.69) is 146 Å². The molecule has 9 aromatic carbocycles. The maximum Gasteiger partial charge on any atom is 0.136 e. The molecular formula is C50H28N2O. The first-order valence-electron chi connectivity index (χ1n) is 17.8. The molecule has 0 atom stereocenters. The maximum atomic E-state index is 9.65. The Morgan fingerprint density at radius 1 is 0.396 bits per heavy atom. The van der Waals surface area contributed by atoms with Gasteiger partial charge < -0.3 is 4.74 Å². The third-order valence-corrected chi connectivity index (χ3v) is 10.8. The van der Waals surface area contributed by atoms with Gasteiger partial charge in [-0.3, -0.25) is 0 Å². The van der Waals surface area contributed by atoms with Gasteiger partial charge in [-0.2, -0.15) is 5.26 Å². The number of hydrogen-bond donors (Lipinski definition) is 0. The number of pyridine rings is 1. The highest BCUT2D eigenvalue weighted by molar-refractivity contribution is 6.24. The summed E-state index contributed by atoms with van der Waals surface area (Å²) in [5.41, 5.74) is 11.6. The van der Waals surface area contributed by atoms with Gasteiger partial charge >= 0.3 is 0 Å². The van der Waals surface area contributed by atoms with Gasteiger partial charge in [-0.1, -0.05) is 109 Å². The molecule has 0 radical (unpaired) electrons. The van der Waals surface area contributed by atoms with Crippen LogP contribution in [0.1, 0.15) is 5.56 Å². The van der Waals surface area contributed by atoms with E-state index in [9.17, 15) is 5.26 Å². The topological polar surface area (TPSA) is 45.9 Å². The van der Waals surface area contributed by atoms with Gasteiger partial charge in [0.25, 0.3) is 0 Å². The summed E-state index contributed by atoms with van der Waals surface area (Å²) < 4.78 is 6.44. The van der Waals surface area contributed by atoms with E-state index in [1.165, 1.54) is 43.4 Å². The van der Waals surface area contributed by atoms with Crippen LogP contribution in [0.5, 0.6) is 11.5 Å². The smallest absolute Gasteiger partial charge is 0.136 e. The summed E-state index contributed by atoms with van der Waals surface area (Å²) in [7, 11) is 0. The minimum Gasteiger partial charge on any atom is -0.456 e. The number of benzene rings is 9. The average molecular weight is 673 g/mol. The van der Waals surface area contributed by atoms with Gasteiger partial charge in [0.1, 0.15) is 11.5 Å². The number of rotatable bonds is 4. The van der Waals surface area contributed by atoms with Crippen LogP contribution in [0.3, 0.4) is 0 Å². The highest BCUT2D eigenvalue weighted by atomic mass is 16.5. The van der Waals surface area contributed by atoms with Crippen molar-refractivity contribution < 1.29 is 4.74 Å². The summed E-state index contributed by atoms with van der Waals surface area (Å²) in [6, 6.07) is 62.2. The van der Waals surface area contributed by atoms with Gasteiger partial charge in [-0.15, -0.1) is 0 Å². The van der Waals surface area contributed by atoms with Crippen LogP contribution >= 0.6 is 0 Å². The lowest BCUT2D eigenvalue weighted by molar-refractivity contribution is 0.487. The summed E-state index contributed by atoms with van der Waals surface area (Å²) in [6.45, 7) is 0. The normalized spacial score (nSPS) is 11.9. The lowest BCUT2D eigenvalue weighted by Gasteiger charge is -2.22. The summed E-state index contributed by atoms with van der Waals surface area (Å²) in [4.78, 5) is 5.04. The van der Waals surface area contributed by atoms with Crippen molar-refractivity contribution in [3.63, 3.8) is 0 Å². The molecule has 11 rings (SSSR count). The first-order chi connectivity index (χ1) is 26.2. The molecule has 0 amide bonds. The van der Waals surface area contributed by atoms with Gasteiger partial charge in [-0.25, -0.2) is 4.98 Å². The Bertz CT molecular complexity index is 3070. The molecule has 0 bridgehead atoms. The molecule has 0 N–H and O–H groups in total. The van der Waals surface area contributed by atoms with Gasteiger partial charge in [0.05, 0.1) is 23.0 Å². The van der Waals surface area contributed by atoms with Crippen LogP contribution in [0, 0.1) is 11.3 Å². The molecule has 3 nitrogen and oxygen atoms in total. The Hall–Kier alpha value is -7.28. The first kappa shape index (κ1) is 29.5. The quantitative estimate of drug-likeness (QED) is 0.175. The molecule has 10 aromatic rings. The fourth-order valence-corrected chi connectivity index (χ4v) is 8.28. The van der Waals surface area contributed by atoms with E-state index < -0.39 is 0 Å². The zero-order valence-electron chi connectivity index (χ0n) is 28.5. The van der Waals surface area contributed by atoms with E-state index in [1.807, 2.05) is 30.3 Å². The molecular weight excluding hydrogens is 645 g/mol. The Kier molecular flexibility index (Phi) is 6.32. The molecule has 0 spiro atoms. The van der Waals surface area contributed by atoms with Gasteiger partial charge in [-0.05, 0) is 121 Å². The lowest BCUT2D eigenvalue weighted by Crippen LogP contribution is -1.98. The average Bonchev–Trinajstić information content (AvgIpc) is 3.23. The van der Waals surface area contributed by atoms with Gasteiger partial charge in [0, 0.05) is 27.5 Å². The van der Waals surface area contributed by atoms with E-state index in [0.29, 0.717) is 5.56 Å². The SMILES string of the molecule is N#Cc1ccc2c3c(cccc13)-c1ccc(-c3ccc(-c4cc5ccc6cc(-c7cccc(-c8ccccc8)n7)cc7ccc(c4)c5c67)cc3)cc1O2. The van der Waals surface area contributed by atoms with Crippen molar-refractivity contribution in [2.75, 3.05) is 0 Å². The molecule has 244 valence electrons. The molecule has 1 aromatic heterocycles. The van der Waals surface area contributed by atoms with Crippen molar-refractivity contribution in [2.45, 2.75) is 0 Å². The third kappa shape index (κ3) is 4.63. The predicted octanol–water partition coefficient (Wildman–Crippen LogP) is 13.4. The highest BCUT2D eigenvalue weighted by Gasteiger charge is 2.22. The molecule has 1 aliphatic rings. The minimum atomic E-state index is 0.660. The fourth-order valence-electron chi connectivity index (χ4n) is 8.28. The second kappa shape index (κ2) is 11.4. The molecule has 0 fully saturated rings. The van der Waals surface area contributed by atoms with E-state index in [4.69, 9.17) is 9.72 Å². The maximum absolute atomic E-state index is 9.65. The van der Waals surface area contributed by atoms with Gasteiger partial charge in [0.15, 0.2) is 0 Å². The standard InChI is InChI=1S/C50H28N2O/c51-29-38-21-23-46-50-41(38)8-4-9-43(50)42-22-20-33(28-47(42)53-46)30-12-14-31(15-13-30)39-24-34-16-18-36-26-40(27-37-19-17-35(25-39)48(34)49(36)37)45-11-5-10-44(52-45)32-6-2-1-3-7-32/h1-28H. The van der Waals surface area contributed by atoms with E-state index >= 15 is 0 Å². The zero-order chi connectivity index (χ0) is 35.0. The van der Waals surface area contributed by atoms with E-state index in [1.54, 1.807) is 0 Å². The van der Waals surface area contributed by atoms with Crippen LogP contribution in [-0.2, 0) is 0 Å². The Morgan fingerprint density at radius 3 is 1.68 bits per heavy atom. The molecule has 3 heteroatoms. The summed E-state index contributed by atoms with van der Waals surface area (Å²) in [6.07, 6.45) is 0. The van der Waals surface area contributed by atoms with Crippen LogP contribution < -0.4 is 4.74 Å². The summed E-state index contributed by atoms with van der Waals surface area (Å²) in [5.74, 6) is 1.61. The largest absolute Gasteiger partial charge is 0.456 e. The zero-order valence-corrected chi connectivity index (χ0v) is 28.5. The van der Waals surface area contributed by atoms with Crippen LogP contribution in [0.4, 0.5) is 0 Å². The second-order valence-electron chi connectivity index (χ2n) is 13.8. The van der Waals surface area contributed by atoms with Crippen molar-refractivity contribution in [2.24, 2.45) is 0 Å². The Balaban J connectivity index is 0.927. The van der Waals surface area contributed by atoms with Crippen molar-refractivity contribution in [1.29, 1.82) is 5.26 Å². The predicted molar refractivity (Wildman–Crippen MR) is 217 cm³/mol. The van der Waals surface area contributed by atoms with Crippen molar-refractivity contribution in [3.8, 4) is 73.5 Å². The third-order valence-electron chi connectivity index (χ3n) is 10.8. The van der Waals surface area contributed by atoms with Gasteiger partial charge in [0.2, 0.25) is 0 Å². The van der Waals surface area contributed by atoms with Crippen LogP contribution in [-0.4, -0.2) is 4.98 Å². The van der Waals surface area contributed by atoms with Crippen LogP contribution in [0.25, 0.3) is 99.0 Å². The van der Waals surface area contributed by atoms with E-state index in [-0.39, 0.29) is 0 Å². The molecule has 0 unspecified atom stereocenters. The molecule has 0 saturated heterocycles. The minimum absolute atomic E-state index is 0.660. The first-order valence-corrected chi connectivity index (χ1v) is 17.8. The van der Waals surface area contributed by atoms with E-state index in [0.717, 1.165) is 67.0 Å². The molecule has 0 saturated carbocycles. The van der Waals surface area contributed by atoms with Crippen molar-refractivity contribution >= 4 is 43.1 Å². The van der Waals surface area contributed by atoms with Crippen LogP contribution in [0.15, 0.2) is 170 Å². The molecule has 0 aliphatic carbocycles. The Labute approximate surface area is 306 Å². The molecule has 2 heterocycles. The number of nitriles is 1. The molecule has 1 aliphatic heterocycles. The van der Waals surface area contributed by atoms with Crippen LogP contribution in [0.2, 0.25) is 0 Å². The lowest BCUT2D eigenvalue weighted by atomic mass is 9.89. The summed E-state index contributed by atoms with van der Waals surface area (Å²) >= 11 is 0. The van der Waals surface area contributed by atoms with Crippen molar-refractivity contribution in [1.82, 2.24) is 4.98 Å². The number of fused-ring (bicyclic) bond motifs is 2. The van der Waals surface area contributed by atoms with Crippen molar-refractivity contribution in [3.05, 3.63) is 175 Å². The monoisotopic (exact) mass is 672 g/mol. The highest BCUT2D eigenvalue weighted by Crippen LogP contribution is 2.48. The number of hydrogen-bond acceptors (Lipinski definition) is 3. The second-order valence-corrected chi connectivity index (χ2v) is 13.8. The fraction of sp³-hybridized carbons (Fsp3) is 0. The number of nitrogens with zero attached hydrogens (tertiary/aromatic N) is 2. The Morgan fingerprint density at radius 2 is 1.00 bits per heavy atom.